The zero-order valence-electron chi connectivity index (χ0n) is 13.9. The summed E-state index contributed by atoms with van der Waals surface area (Å²) in [6.07, 6.45) is 1.66. The number of rotatable bonds is 7. The molecule has 0 unspecified atom stereocenters. The van der Waals surface area contributed by atoms with Crippen LogP contribution in [0.25, 0.3) is 10.9 Å². The average Bonchev–Trinajstić information content (AvgIpc) is 2.66. The van der Waals surface area contributed by atoms with Crippen LogP contribution in [0.2, 0.25) is 5.02 Å². The van der Waals surface area contributed by atoms with Gasteiger partial charge in [0.2, 0.25) is 0 Å². The fourth-order valence-corrected chi connectivity index (χ4v) is 4.94. The number of hydrogen-bond donors (Lipinski definition) is 0. The van der Waals surface area contributed by atoms with E-state index >= 15 is 0 Å². The van der Waals surface area contributed by atoms with Crippen molar-refractivity contribution in [2.75, 3.05) is 11.5 Å². The van der Waals surface area contributed by atoms with Crippen LogP contribution in [0.4, 0.5) is 0 Å². The quantitative estimate of drug-likeness (QED) is 0.337. The van der Waals surface area contributed by atoms with Gasteiger partial charge in [-0.2, -0.15) is 0 Å². The van der Waals surface area contributed by atoms with Crippen LogP contribution in [0.15, 0.2) is 76.0 Å². The maximum Gasteiger partial charge on any atom is 0.262 e. The van der Waals surface area contributed by atoms with Gasteiger partial charge in [-0.05, 0) is 30.3 Å². The summed E-state index contributed by atoms with van der Waals surface area (Å²) in [7, 11) is -1.08. The SMILES string of the molecule is C=CCn1c(SCC[S@@](=O)c2ccccc2)nc2ccc(Cl)cc2c1=O. The third-order valence-electron chi connectivity index (χ3n) is 3.70. The molecule has 1 heterocycles. The second-order valence-corrected chi connectivity index (χ2v) is 8.54. The molecule has 4 nitrogen and oxygen atoms in total. The van der Waals surface area contributed by atoms with E-state index in [0.717, 1.165) is 4.90 Å². The van der Waals surface area contributed by atoms with Crippen LogP contribution in [-0.2, 0) is 17.3 Å². The fraction of sp³-hybridized carbons (Fsp3) is 0.158. The summed E-state index contributed by atoms with van der Waals surface area (Å²) in [6.45, 7) is 4.07. The molecule has 0 bridgehead atoms. The van der Waals surface area contributed by atoms with Gasteiger partial charge < -0.3 is 0 Å². The van der Waals surface area contributed by atoms with Gasteiger partial charge in [0.25, 0.3) is 5.56 Å². The van der Waals surface area contributed by atoms with E-state index in [1.54, 1.807) is 28.8 Å². The summed E-state index contributed by atoms with van der Waals surface area (Å²) in [5, 5.41) is 1.58. The topological polar surface area (TPSA) is 52.0 Å². The Labute approximate surface area is 163 Å². The molecule has 2 aromatic carbocycles. The molecule has 3 aromatic rings. The lowest BCUT2D eigenvalue weighted by Crippen LogP contribution is -2.23. The van der Waals surface area contributed by atoms with E-state index in [1.807, 2.05) is 30.3 Å². The summed E-state index contributed by atoms with van der Waals surface area (Å²) in [6, 6.07) is 14.4. The molecule has 0 radical (unpaired) electrons. The number of benzene rings is 2. The molecule has 7 heteroatoms. The van der Waals surface area contributed by atoms with Gasteiger partial charge in [-0.25, -0.2) is 4.98 Å². The molecule has 134 valence electrons. The number of hydrogen-bond acceptors (Lipinski definition) is 4. The molecule has 0 aliphatic heterocycles. The predicted molar refractivity (Wildman–Crippen MR) is 110 cm³/mol. The van der Waals surface area contributed by atoms with Gasteiger partial charge in [-0.1, -0.05) is 47.6 Å². The van der Waals surface area contributed by atoms with Crippen molar-refractivity contribution >= 4 is 45.1 Å². The number of thioether (sulfide) groups is 1. The Hall–Kier alpha value is -1.89. The Balaban J connectivity index is 1.83. The smallest absolute Gasteiger partial charge is 0.262 e. The lowest BCUT2D eigenvalue weighted by atomic mass is 10.2. The highest BCUT2D eigenvalue weighted by atomic mass is 35.5. The van der Waals surface area contributed by atoms with Gasteiger partial charge in [0.15, 0.2) is 5.16 Å². The summed E-state index contributed by atoms with van der Waals surface area (Å²) < 4.78 is 13.9. The van der Waals surface area contributed by atoms with Crippen molar-refractivity contribution in [2.45, 2.75) is 16.6 Å². The van der Waals surface area contributed by atoms with Crippen LogP contribution in [0.1, 0.15) is 0 Å². The minimum atomic E-state index is -1.08. The summed E-state index contributed by atoms with van der Waals surface area (Å²) >= 11 is 7.42. The predicted octanol–water partition coefficient (Wildman–Crippen LogP) is 4.14. The number of aromatic nitrogens is 2. The van der Waals surface area contributed by atoms with Gasteiger partial charge in [0.1, 0.15) is 0 Å². The van der Waals surface area contributed by atoms with Crippen LogP contribution in [0, 0.1) is 0 Å². The van der Waals surface area contributed by atoms with Crippen LogP contribution < -0.4 is 5.56 Å². The van der Waals surface area contributed by atoms with Crippen LogP contribution in [0.5, 0.6) is 0 Å². The van der Waals surface area contributed by atoms with Crippen LogP contribution in [-0.4, -0.2) is 25.3 Å². The van der Waals surface area contributed by atoms with Crippen LogP contribution in [0.3, 0.4) is 0 Å². The molecule has 26 heavy (non-hydrogen) atoms. The highest BCUT2D eigenvalue weighted by Gasteiger charge is 2.12. The molecule has 1 aromatic heterocycles. The number of allylic oxidation sites excluding steroid dienone is 1. The van der Waals surface area contributed by atoms with Gasteiger partial charge in [0.05, 0.1) is 21.7 Å². The number of nitrogens with zero attached hydrogens (tertiary/aromatic N) is 2. The standard InChI is InChI=1S/C19H17ClN2O2S2/c1-2-10-22-18(23)16-13-14(20)8-9-17(16)21-19(22)25-11-12-26(24)15-6-4-3-5-7-15/h2-9,13H,1,10-12H2/t26-/m1/s1. The third-order valence-corrected chi connectivity index (χ3v) is 6.54. The third kappa shape index (κ3) is 4.26. The van der Waals surface area contributed by atoms with Gasteiger partial charge in [0, 0.05) is 28.0 Å². The summed E-state index contributed by atoms with van der Waals surface area (Å²) in [5.41, 5.74) is 0.454. The zero-order valence-corrected chi connectivity index (χ0v) is 16.3. The molecule has 0 saturated heterocycles. The Morgan fingerprint density at radius 3 is 2.73 bits per heavy atom. The maximum absolute atomic E-state index is 12.8. The monoisotopic (exact) mass is 404 g/mol. The normalized spacial score (nSPS) is 12.2. The van der Waals surface area contributed by atoms with Crippen molar-refractivity contribution in [1.29, 1.82) is 0 Å². The Morgan fingerprint density at radius 2 is 2.00 bits per heavy atom. The average molecular weight is 405 g/mol. The highest BCUT2D eigenvalue weighted by Crippen LogP contribution is 2.21. The lowest BCUT2D eigenvalue weighted by Gasteiger charge is -2.11. The Bertz CT molecular complexity index is 1020. The zero-order chi connectivity index (χ0) is 18.5. The minimum Gasteiger partial charge on any atom is -0.283 e. The van der Waals surface area contributed by atoms with Crippen LogP contribution >= 0.6 is 23.4 Å². The molecular weight excluding hydrogens is 388 g/mol. The maximum atomic E-state index is 12.8. The van der Waals surface area contributed by atoms with Gasteiger partial charge in [-0.15, -0.1) is 6.58 Å². The van der Waals surface area contributed by atoms with Gasteiger partial charge in [-0.3, -0.25) is 13.6 Å². The Kier molecular flexibility index (Phi) is 6.29. The van der Waals surface area contributed by atoms with E-state index in [9.17, 15) is 9.00 Å². The molecule has 0 fully saturated rings. The molecule has 0 saturated carbocycles. The van der Waals surface area contributed by atoms with E-state index in [0.29, 0.717) is 39.1 Å². The van der Waals surface area contributed by atoms with E-state index in [1.165, 1.54) is 11.8 Å². The second-order valence-electron chi connectivity index (χ2n) is 5.47. The first-order chi connectivity index (χ1) is 12.6. The summed E-state index contributed by atoms with van der Waals surface area (Å²) in [4.78, 5) is 18.1. The minimum absolute atomic E-state index is 0.149. The van der Waals surface area contributed by atoms with Crippen molar-refractivity contribution in [3.63, 3.8) is 0 Å². The fourth-order valence-electron chi connectivity index (χ4n) is 2.47. The summed E-state index contributed by atoms with van der Waals surface area (Å²) in [5.74, 6) is 1.07. The molecule has 0 aliphatic rings. The largest absolute Gasteiger partial charge is 0.283 e. The highest BCUT2D eigenvalue weighted by molar-refractivity contribution is 8.00. The molecule has 0 aliphatic carbocycles. The first-order valence-corrected chi connectivity index (χ1v) is 10.7. The van der Waals surface area contributed by atoms with Crippen molar-refractivity contribution in [1.82, 2.24) is 9.55 Å². The van der Waals surface area contributed by atoms with Gasteiger partial charge >= 0.3 is 0 Å². The molecular formula is C19H17ClN2O2S2. The lowest BCUT2D eigenvalue weighted by molar-refractivity contribution is 0.671. The van der Waals surface area contributed by atoms with E-state index in [-0.39, 0.29) is 5.56 Å². The number of halogens is 1. The van der Waals surface area contributed by atoms with Crippen molar-refractivity contribution in [3.8, 4) is 0 Å². The van der Waals surface area contributed by atoms with Crippen molar-refractivity contribution < 1.29 is 4.21 Å². The molecule has 1 atom stereocenters. The molecule has 0 amide bonds. The van der Waals surface area contributed by atoms with E-state index < -0.39 is 10.8 Å². The molecule has 0 N–H and O–H groups in total. The Morgan fingerprint density at radius 1 is 1.23 bits per heavy atom. The van der Waals surface area contributed by atoms with E-state index in [4.69, 9.17) is 11.6 Å². The van der Waals surface area contributed by atoms with Crippen molar-refractivity contribution in [2.24, 2.45) is 0 Å². The first kappa shape index (κ1) is 18.9. The molecule has 3 rings (SSSR count). The van der Waals surface area contributed by atoms with E-state index in [2.05, 4.69) is 11.6 Å². The van der Waals surface area contributed by atoms with Crippen molar-refractivity contribution in [3.05, 3.63) is 76.6 Å². The second kappa shape index (κ2) is 8.66. The first-order valence-electron chi connectivity index (χ1n) is 7.97. The number of fused-ring (bicyclic) bond motifs is 1. The molecule has 0 spiro atoms.